The Morgan fingerprint density at radius 2 is 1.80 bits per heavy atom. The van der Waals surface area contributed by atoms with E-state index in [9.17, 15) is 9.59 Å². The molecule has 0 atom stereocenters. The van der Waals surface area contributed by atoms with E-state index in [1.165, 1.54) is 0 Å². The number of aromatic nitrogens is 3. The highest BCUT2D eigenvalue weighted by Gasteiger charge is 2.20. The minimum atomic E-state index is 0.291. The smallest absolute Gasteiger partial charge is 0.227 e. The highest BCUT2D eigenvalue weighted by atomic mass is 35.5. The van der Waals surface area contributed by atoms with Gasteiger partial charge in [0.05, 0.1) is 11.6 Å². The Morgan fingerprint density at radius 3 is 2.59 bits per heavy atom. The number of halogens is 1. The summed E-state index contributed by atoms with van der Waals surface area (Å²) >= 11 is 6.37. The molecule has 9 heteroatoms. The predicted octanol–water partition coefficient (Wildman–Crippen LogP) is 7.71. The number of oxazole rings is 1. The van der Waals surface area contributed by atoms with Crippen LogP contribution in [0, 0.1) is 13.8 Å². The molecule has 0 bridgehead atoms. The standard InChI is InChI=1S/C35H28ClN5O3/c1-20-26(5-3-7-28(20)35-40-31-15-22(19-42)14-29(36)33(31)44-35)27-6-4-8-30(21(27)2)39-34-32-24(9-11-37-34)13-23(16-38-32)17-41-12-10-25(43)18-41/h3-9,11,13-16,19H,10,12,17-18H2,1-2H3,(H,37,39). The molecule has 0 radical (unpaired) electrons. The van der Waals surface area contributed by atoms with Crippen LogP contribution in [0.2, 0.25) is 5.02 Å². The molecule has 0 aliphatic carbocycles. The number of rotatable bonds is 7. The van der Waals surface area contributed by atoms with E-state index in [-0.39, 0.29) is 0 Å². The number of nitrogens with zero attached hydrogens (tertiary/aromatic N) is 4. The molecule has 1 aliphatic heterocycles. The van der Waals surface area contributed by atoms with Gasteiger partial charge >= 0.3 is 0 Å². The lowest BCUT2D eigenvalue weighted by Gasteiger charge is -2.17. The molecule has 0 spiro atoms. The second-order valence-corrected chi connectivity index (χ2v) is 11.6. The van der Waals surface area contributed by atoms with Crippen LogP contribution in [0.3, 0.4) is 0 Å². The molecule has 0 amide bonds. The first kappa shape index (κ1) is 27.9. The van der Waals surface area contributed by atoms with Gasteiger partial charge in [0, 0.05) is 54.1 Å². The number of anilines is 2. The molecule has 1 saturated heterocycles. The zero-order chi connectivity index (χ0) is 30.4. The average Bonchev–Trinajstić information content (AvgIpc) is 3.64. The number of fused-ring (bicyclic) bond motifs is 2. The van der Waals surface area contributed by atoms with Crippen molar-refractivity contribution in [3.63, 3.8) is 0 Å². The molecule has 1 fully saturated rings. The van der Waals surface area contributed by atoms with Crippen LogP contribution in [0.1, 0.15) is 33.5 Å². The van der Waals surface area contributed by atoms with Crippen molar-refractivity contribution >= 4 is 57.2 Å². The summed E-state index contributed by atoms with van der Waals surface area (Å²) in [6, 6.07) is 19.5. The predicted molar refractivity (Wildman–Crippen MR) is 172 cm³/mol. The number of aldehydes is 1. The summed E-state index contributed by atoms with van der Waals surface area (Å²) in [7, 11) is 0. The number of hydrogen-bond acceptors (Lipinski definition) is 8. The van der Waals surface area contributed by atoms with E-state index in [1.54, 1.807) is 18.3 Å². The summed E-state index contributed by atoms with van der Waals surface area (Å²) in [5.74, 6) is 1.41. The monoisotopic (exact) mass is 601 g/mol. The van der Waals surface area contributed by atoms with Gasteiger partial charge in [0.25, 0.3) is 0 Å². The summed E-state index contributed by atoms with van der Waals surface area (Å²) in [6.07, 6.45) is 5.02. The van der Waals surface area contributed by atoms with E-state index in [0.717, 1.165) is 62.8 Å². The van der Waals surface area contributed by atoms with Gasteiger partial charge in [0.1, 0.15) is 23.1 Å². The van der Waals surface area contributed by atoms with Crippen LogP contribution >= 0.6 is 11.6 Å². The van der Waals surface area contributed by atoms with Crippen molar-refractivity contribution in [3.8, 4) is 22.6 Å². The van der Waals surface area contributed by atoms with Crippen molar-refractivity contribution in [1.82, 2.24) is 19.9 Å². The van der Waals surface area contributed by atoms with Crippen molar-refractivity contribution in [3.05, 3.63) is 100 Å². The highest BCUT2D eigenvalue weighted by Crippen LogP contribution is 2.38. The lowest BCUT2D eigenvalue weighted by atomic mass is 9.93. The Hall–Kier alpha value is -4.92. The minimum absolute atomic E-state index is 0.291. The van der Waals surface area contributed by atoms with Crippen LogP contribution in [0.25, 0.3) is 44.6 Å². The largest absolute Gasteiger partial charge is 0.434 e. The summed E-state index contributed by atoms with van der Waals surface area (Å²) in [4.78, 5) is 39.2. The molecule has 3 aromatic carbocycles. The average molecular weight is 602 g/mol. The van der Waals surface area contributed by atoms with Gasteiger partial charge in [-0.2, -0.15) is 0 Å². The van der Waals surface area contributed by atoms with Crippen molar-refractivity contribution in [2.45, 2.75) is 26.8 Å². The number of likely N-dealkylation sites (tertiary alicyclic amines) is 1. The van der Waals surface area contributed by atoms with Crippen molar-refractivity contribution in [1.29, 1.82) is 0 Å². The first-order valence-corrected chi connectivity index (χ1v) is 14.8. The second kappa shape index (κ2) is 11.3. The number of nitrogens with one attached hydrogen (secondary N) is 1. The Bertz CT molecular complexity index is 2100. The van der Waals surface area contributed by atoms with E-state index in [4.69, 9.17) is 21.0 Å². The fraction of sp³-hybridized carbons (Fsp3) is 0.171. The number of pyridine rings is 2. The fourth-order valence-corrected chi connectivity index (χ4v) is 6.17. The number of hydrogen-bond donors (Lipinski definition) is 1. The summed E-state index contributed by atoms with van der Waals surface area (Å²) < 4.78 is 6.08. The van der Waals surface area contributed by atoms with Gasteiger partial charge in [-0.25, -0.2) is 9.97 Å². The van der Waals surface area contributed by atoms with Gasteiger partial charge in [-0.15, -0.1) is 0 Å². The molecule has 218 valence electrons. The topological polar surface area (TPSA) is 101 Å². The third kappa shape index (κ3) is 5.12. The zero-order valence-corrected chi connectivity index (χ0v) is 25.0. The summed E-state index contributed by atoms with van der Waals surface area (Å²) in [6.45, 7) is 6.13. The molecular weight excluding hydrogens is 574 g/mol. The molecular formula is C35H28ClN5O3. The maximum atomic E-state index is 11.7. The Kier molecular flexibility index (Phi) is 7.16. The van der Waals surface area contributed by atoms with E-state index in [1.807, 2.05) is 43.5 Å². The maximum absolute atomic E-state index is 11.7. The molecule has 1 N–H and O–H groups in total. The maximum Gasteiger partial charge on any atom is 0.227 e. The van der Waals surface area contributed by atoms with Crippen molar-refractivity contribution in [2.75, 3.05) is 18.4 Å². The van der Waals surface area contributed by atoms with Crippen LogP contribution in [0.5, 0.6) is 0 Å². The minimum Gasteiger partial charge on any atom is -0.434 e. The molecule has 44 heavy (non-hydrogen) atoms. The lowest BCUT2D eigenvalue weighted by molar-refractivity contribution is -0.116. The van der Waals surface area contributed by atoms with E-state index in [2.05, 4.69) is 45.3 Å². The molecule has 0 unspecified atom stereocenters. The molecule has 1 aliphatic rings. The summed E-state index contributed by atoms with van der Waals surface area (Å²) in [5, 5.41) is 4.86. The molecule has 4 heterocycles. The number of carbonyl (C=O) groups is 2. The van der Waals surface area contributed by atoms with Crippen LogP contribution in [0.4, 0.5) is 11.5 Å². The second-order valence-electron chi connectivity index (χ2n) is 11.1. The van der Waals surface area contributed by atoms with E-state index < -0.39 is 0 Å². The summed E-state index contributed by atoms with van der Waals surface area (Å²) in [5.41, 5.74) is 9.21. The van der Waals surface area contributed by atoms with E-state index in [0.29, 0.717) is 58.7 Å². The van der Waals surface area contributed by atoms with Gasteiger partial charge in [-0.3, -0.25) is 19.5 Å². The molecule has 8 nitrogen and oxygen atoms in total. The van der Waals surface area contributed by atoms with Crippen molar-refractivity contribution in [2.24, 2.45) is 0 Å². The SMILES string of the molecule is Cc1c(Nc2nccc3cc(CN4CCC(=O)C4)cnc23)cccc1-c1cccc(-c2nc3cc(C=O)cc(Cl)c3o2)c1C. The Labute approximate surface area is 258 Å². The van der Waals surface area contributed by atoms with E-state index >= 15 is 0 Å². The number of carbonyl (C=O) groups excluding carboxylic acids is 2. The van der Waals surface area contributed by atoms with Crippen molar-refractivity contribution < 1.29 is 14.0 Å². The third-order valence-electron chi connectivity index (χ3n) is 8.21. The molecule has 7 rings (SSSR count). The van der Waals surface area contributed by atoms with Gasteiger partial charge < -0.3 is 9.73 Å². The molecule has 6 aromatic rings. The zero-order valence-electron chi connectivity index (χ0n) is 24.2. The Morgan fingerprint density at radius 1 is 1.00 bits per heavy atom. The first-order chi connectivity index (χ1) is 21.4. The Balaban J connectivity index is 1.21. The van der Waals surface area contributed by atoms with Crippen LogP contribution in [-0.4, -0.2) is 45.0 Å². The van der Waals surface area contributed by atoms with Crippen LogP contribution in [0.15, 0.2) is 77.5 Å². The normalized spacial score (nSPS) is 13.7. The highest BCUT2D eigenvalue weighted by molar-refractivity contribution is 6.35. The third-order valence-corrected chi connectivity index (χ3v) is 8.49. The van der Waals surface area contributed by atoms with Crippen LogP contribution < -0.4 is 5.32 Å². The van der Waals surface area contributed by atoms with Crippen LogP contribution in [-0.2, 0) is 11.3 Å². The quantitative estimate of drug-likeness (QED) is 0.186. The molecule has 3 aromatic heterocycles. The lowest BCUT2D eigenvalue weighted by Crippen LogP contribution is -2.20. The number of Topliss-reactive ketones (excluding diaryl/α,β-unsaturated/α-hetero) is 1. The molecule has 0 saturated carbocycles. The number of ketones is 1. The van der Waals surface area contributed by atoms with Gasteiger partial charge in [-0.1, -0.05) is 35.9 Å². The van der Waals surface area contributed by atoms with Gasteiger partial charge in [0.2, 0.25) is 5.89 Å². The fourth-order valence-electron chi connectivity index (χ4n) is 5.91. The van der Waals surface area contributed by atoms with Gasteiger partial charge in [-0.05, 0) is 78.1 Å². The first-order valence-electron chi connectivity index (χ1n) is 14.4. The van der Waals surface area contributed by atoms with Gasteiger partial charge in [0.15, 0.2) is 11.4 Å². The number of benzene rings is 3.